The van der Waals surface area contributed by atoms with Gasteiger partial charge in [0.15, 0.2) is 11.6 Å². The molecule has 0 aliphatic carbocycles. The van der Waals surface area contributed by atoms with Crippen LogP contribution in [-0.4, -0.2) is 17.4 Å². The Kier molecular flexibility index (Phi) is 6.38. The van der Waals surface area contributed by atoms with Crippen LogP contribution in [0.3, 0.4) is 0 Å². The number of halogens is 1. The van der Waals surface area contributed by atoms with Gasteiger partial charge in [-0.2, -0.15) is 0 Å². The largest absolute Gasteiger partial charge is 0.360 e. The number of anilines is 1. The van der Waals surface area contributed by atoms with Gasteiger partial charge in [0.25, 0.3) is 0 Å². The molecule has 1 atom stereocenters. The summed E-state index contributed by atoms with van der Waals surface area (Å²) in [6, 6.07) is 7.69. The Balaban J connectivity index is 2.50. The Bertz CT molecular complexity index is 734. The molecule has 1 unspecified atom stereocenters. The fraction of sp³-hybridized carbons (Fsp3) is 0.471. The van der Waals surface area contributed by atoms with E-state index in [-0.39, 0.29) is 17.8 Å². The summed E-state index contributed by atoms with van der Waals surface area (Å²) in [5.41, 5.74) is 0.174. The van der Waals surface area contributed by atoms with Crippen molar-refractivity contribution in [1.82, 2.24) is 5.16 Å². The maximum absolute atomic E-state index is 14.4. The Hall–Kier alpha value is -1.69. The molecule has 0 radical (unpaired) electrons. The molecule has 1 N–H and O–H groups in total. The zero-order valence-corrected chi connectivity index (χ0v) is 15.9. The van der Waals surface area contributed by atoms with E-state index in [1.54, 1.807) is 58.9 Å². The normalized spacial score (nSPS) is 13.4. The molecule has 0 aliphatic rings. The van der Waals surface area contributed by atoms with Gasteiger partial charge in [-0.1, -0.05) is 23.4 Å². The first-order valence-electron chi connectivity index (χ1n) is 8.12. The van der Waals surface area contributed by atoms with Crippen LogP contribution in [0.1, 0.15) is 44.8 Å². The zero-order chi connectivity index (χ0) is 18.6. The highest BCUT2D eigenvalue weighted by molar-refractivity contribution is 7.54. The molecule has 0 spiro atoms. The molecule has 8 heteroatoms. The van der Waals surface area contributed by atoms with Crippen LogP contribution in [0.25, 0.3) is 0 Å². The second-order valence-electron chi connectivity index (χ2n) is 6.24. The van der Waals surface area contributed by atoms with Crippen LogP contribution < -0.4 is 5.32 Å². The second kappa shape index (κ2) is 8.13. The number of aryl methyl sites for hydroxylation is 1. The van der Waals surface area contributed by atoms with Crippen molar-refractivity contribution in [2.75, 3.05) is 5.32 Å². The molecular formula is C17H24FN2O4P. The highest BCUT2D eigenvalue weighted by atomic mass is 31.2. The predicted octanol–water partition coefficient (Wildman–Crippen LogP) is 5.28. The Morgan fingerprint density at radius 2 is 1.76 bits per heavy atom. The van der Waals surface area contributed by atoms with Gasteiger partial charge in [0.1, 0.15) is 11.6 Å². The average molecular weight is 370 g/mol. The van der Waals surface area contributed by atoms with Gasteiger partial charge in [0, 0.05) is 11.6 Å². The molecule has 0 aliphatic heterocycles. The molecule has 138 valence electrons. The van der Waals surface area contributed by atoms with Crippen molar-refractivity contribution in [1.29, 1.82) is 0 Å². The maximum atomic E-state index is 14.4. The molecule has 0 fully saturated rings. The van der Waals surface area contributed by atoms with Crippen LogP contribution in [0.4, 0.5) is 10.2 Å². The number of nitrogens with zero attached hydrogens (tertiary/aromatic N) is 1. The van der Waals surface area contributed by atoms with Crippen LogP contribution in [0.2, 0.25) is 0 Å². The van der Waals surface area contributed by atoms with E-state index in [2.05, 4.69) is 10.5 Å². The molecular weight excluding hydrogens is 346 g/mol. The van der Waals surface area contributed by atoms with Crippen molar-refractivity contribution in [3.8, 4) is 0 Å². The molecule has 2 rings (SSSR count). The van der Waals surface area contributed by atoms with Crippen LogP contribution in [0, 0.1) is 12.7 Å². The number of aromatic nitrogens is 1. The standard InChI is InChI=1S/C17H24FN2O4P/c1-11(2)23-25(21,24-12(3)4)17(14-8-6-7-9-15(14)18)19-16-10-13(5)22-20-16/h6-12,17H,1-5H3,(H,19,20). The number of rotatable bonds is 8. The average Bonchev–Trinajstić information content (AvgIpc) is 2.89. The van der Waals surface area contributed by atoms with Crippen LogP contribution in [0.15, 0.2) is 34.9 Å². The Morgan fingerprint density at radius 3 is 2.24 bits per heavy atom. The van der Waals surface area contributed by atoms with E-state index in [1.807, 2.05) is 0 Å². The van der Waals surface area contributed by atoms with Crippen molar-refractivity contribution in [3.05, 3.63) is 47.5 Å². The smallest absolute Gasteiger partial charge is 0.357 e. The fourth-order valence-electron chi connectivity index (χ4n) is 2.33. The summed E-state index contributed by atoms with van der Waals surface area (Å²) in [5, 5.41) is 6.79. The van der Waals surface area contributed by atoms with Gasteiger partial charge in [-0.05, 0) is 40.7 Å². The van der Waals surface area contributed by atoms with E-state index in [9.17, 15) is 8.96 Å². The summed E-state index contributed by atoms with van der Waals surface area (Å²) in [5.74, 6) is -0.687. The fourth-order valence-corrected chi connectivity index (χ4v) is 4.64. The molecule has 25 heavy (non-hydrogen) atoms. The van der Waals surface area contributed by atoms with Gasteiger partial charge in [-0.15, -0.1) is 0 Å². The SMILES string of the molecule is Cc1cc(NC(c2ccccc2F)P(=O)(OC(C)C)OC(C)C)no1. The lowest BCUT2D eigenvalue weighted by atomic mass is 10.2. The number of hydrogen-bond donors (Lipinski definition) is 1. The Morgan fingerprint density at radius 1 is 1.16 bits per heavy atom. The molecule has 0 amide bonds. The summed E-state index contributed by atoms with van der Waals surface area (Å²) < 4.78 is 44.3. The van der Waals surface area contributed by atoms with Crippen molar-refractivity contribution in [2.45, 2.75) is 52.6 Å². The zero-order valence-electron chi connectivity index (χ0n) is 15.0. The summed E-state index contributed by atoms with van der Waals surface area (Å²) in [6.45, 7) is 8.71. The van der Waals surface area contributed by atoms with Gasteiger partial charge in [-0.25, -0.2) is 4.39 Å². The molecule has 1 aromatic heterocycles. The minimum absolute atomic E-state index is 0.174. The lowest BCUT2D eigenvalue weighted by Crippen LogP contribution is -2.20. The topological polar surface area (TPSA) is 73.6 Å². The van der Waals surface area contributed by atoms with E-state index in [1.165, 1.54) is 6.07 Å². The van der Waals surface area contributed by atoms with Crippen molar-refractivity contribution in [3.63, 3.8) is 0 Å². The summed E-state index contributed by atoms with van der Waals surface area (Å²) >= 11 is 0. The van der Waals surface area contributed by atoms with Crippen molar-refractivity contribution >= 4 is 13.4 Å². The van der Waals surface area contributed by atoms with E-state index < -0.39 is 19.2 Å². The summed E-state index contributed by atoms with van der Waals surface area (Å²) in [7, 11) is -3.78. The number of benzene rings is 1. The van der Waals surface area contributed by atoms with E-state index in [0.29, 0.717) is 11.6 Å². The first kappa shape index (κ1) is 19.6. The van der Waals surface area contributed by atoms with E-state index >= 15 is 0 Å². The maximum Gasteiger partial charge on any atom is 0.357 e. The van der Waals surface area contributed by atoms with Crippen LogP contribution >= 0.6 is 7.60 Å². The summed E-state index contributed by atoms with van der Waals surface area (Å²) in [4.78, 5) is 0. The number of hydrogen-bond acceptors (Lipinski definition) is 6. The lowest BCUT2D eigenvalue weighted by Gasteiger charge is -2.30. The quantitative estimate of drug-likeness (QED) is 0.638. The highest BCUT2D eigenvalue weighted by Crippen LogP contribution is 2.62. The first-order valence-corrected chi connectivity index (χ1v) is 9.73. The Labute approximate surface area is 147 Å². The van der Waals surface area contributed by atoms with E-state index in [0.717, 1.165) is 0 Å². The van der Waals surface area contributed by atoms with Gasteiger partial charge in [0.2, 0.25) is 0 Å². The van der Waals surface area contributed by atoms with Gasteiger partial charge >= 0.3 is 7.60 Å². The summed E-state index contributed by atoms with van der Waals surface area (Å²) in [6.07, 6.45) is -0.751. The molecule has 2 aromatic rings. The predicted molar refractivity (Wildman–Crippen MR) is 94.1 cm³/mol. The van der Waals surface area contributed by atoms with E-state index in [4.69, 9.17) is 13.6 Å². The highest BCUT2D eigenvalue weighted by Gasteiger charge is 2.41. The minimum Gasteiger partial charge on any atom is -0.360 e. The molecule has 1 heterocycles. The molecule has 1 aromatic carbocycles. The molecule has 0 saturated heterocycles. The van der Waals surface area contributed by atoms with Crippen LogP contribution in [-0.2, 0) is 13.6 Å². The third-order valence-electron chi connectivity index (χ3n) is 3.14. The number of nitrogens with one attached hydrogen (secondary N) is 1. The minimum atomic E-state index is -3.78. The molecule has 0 saturated carbocycles. The first-order chi connectivity index (χ1) is 11.7. The molecule has 6 nitrogen and oxygen atoms in total. The third kappa shape index (κ3) is 5.14. The molecule has 0 bridgehead atoms. The monoisotopic (exact) mass is 370 g/mol. The van der Waals surface area contributed by atoms with Crippen molar-refractivity contribution in [2.24, 2.45) is 0 Å². The van der Waals surface area contributed by atoms with Crippen molar-refractivity contribution < 1.29 is 22.5 Å². The van der Waals surface area contributed by atoms with Crippen LogP contribution in [0.5, 0.6) is 0 Å². The van der Waals surface area contributed by atoms with Gasteiger partial charge in [-0.3, -0.25) is 4.57 Å². The van der Waals surface area contributed by atoms with Gasteiger partial charge in [0.05, 0.1) is 12.2 Å². The lowest BCUT2D eigenvalue weighted by molar-refractivity contribution is 0.137. The van der Waals surface area contributed by atoms with Gasteiger partial charge < -0.3 is 18.9 Å². The third-order valence-corrected chi connectivity index (χ3v) is 5.61. The second-order valence-corrected chi connectivity index (χ2v) is 8.26.